The minimum Gasteiger partial charge on any atom is -0.493 e. The van der Waals surface area contributed by atoms with Crippen LogP contribution in [0.2, 0.25) is 0 Å². The molecule has 0 fully saturated rings. The minimum absolute atomic E-state index is 0.0701. The van der Waals surface area contributed by atoms with Crippen LogP contribution in [-0.4, -0.2) is 36.2 Å². The molecule has 0 saturated carbocycles. The van der Waals surface area contributed by atoms with Crippen LogP contribution in [0, 0.1) is 0 Å². The Balaban J connectivity index is 1.48. The maximum Gasteiger partial charge on any atom is 0.254 e. The molecule has 0 aromatic heterocycles. The highest BCUT2D eigenvalue weighted by molar-refractivity contribution is 8.17. The fraction of sp³-hybridized carbons (Fsp3) is 0.194. The van der Waals surface area contributed by atoms with Gasteiger partial charge in [-0.1, -0.05) is 60.7 Å². The lowest BCUT2D eigenvalue weighted by Crippen LogP contribution is -2.34. The lowest BCUT2D eigenvalue weighted by atomic mass is 10.1. The van der Waals surface area contributed by atoms with Gasteiger partial charge in [0.1, 0.15) is 0 Å². The van der Waals surface area contributed by atoms with Gasteiger partial charge in [0, 0.05) is 21.9 Å². The van der Waals surface area contributed by atoms with Gasteiger partial charge in [0.25, 0.3) is 5.91 Å². The Morgan fingerprint density at radius 2 is 1.35 bits per heavy atom. The Morgan fingerprint density at radius 3 is 1.97 bits per heavy atom. The third-order valence-electron chi connectivity index (χ3n) is 6.44. The molecule has 1 heterocycles. The van der Waals surface area contributed by atoms with Crippen molar-refractivity contribution in [3.8, 4) is 11.5 Å². The summed E-state index contributed by atoms with van der Waals surface area (Å²) in [6.07, 6.45) is 0.718. The number of hydrogen-bond donors (Lipinski definition) is 0. The van der Waals surface area contributed by atoms with Crippen molar-refractivity contribution < 1.29 is 14.3 Å². The van der Waals surface area contributed by atoms with Gasteiger partial charge in [0.15, 0.2) is 11.5 Å². The molecular weight excluding hydrogens is 498 g/mol. The number of amides is 1. The van der Waals surface area contributed by atoms with E-state index >= 15 is 0 Å². The van der Waals surface area contributed by atoms with E-state index in [2.05, 4.69) is 59.5 Å². The fourth-order valence-electron chi connectivity index (χ4n) is 4.64. The molecule has 1 unspecified atom stereocenters. The number of methoxy groups -OCH3 is 2. The first kappa shape index (κ1) is 25.3. The topological polar surface area (TPSA) is 38.8 Å². The SMILES string of the molecule is COc1ccc(CCN2C(=O)c3ccccc3C2C(Sc2ccccc2)Sc2ccccc2)cc1OC. The van der Waals surface area contributed by atoms with E-state index in [1.165, 1.54) is 9.79 Å². The Kier molecular flexibility index (Phi) is 8.07. The van der Waals surface area contributed by atoms with E-state index < -0.39 is 0 Å². The molecule has 4 nitrogen and oxygen atoms in total. The van der Waals surface area contributed by atoms with Crippen LogP contribution in [0.4, 0.5) is 0 Å². The van der Waals surface area contributed by atoms with Gasteiger partial charge in [-0.25, -0.2) is 0 Å². The molecule has 0 bridgehead atoms. The molecule has 0 saturated heterocycles. The molecule has 5 rings (SSSR count). The van der Waals surface area contributed by atoms with Gasteiger partial charge in [0.05, 0.1) is 24.8 Å². The zero-order valence-electron chi connectivity index (χ0n) is 20.9. The van der Waals surface area contributed by atoms with Gasteiger partial charge in [-0.15, -0.1) is 23.5 Å². The van der Waals surface area contributed by atoms with Crippen LogP contribution >= 0.6 is 23.5 Å². The van der Waals surface area contributed by atoms with Crippen molar-refractivity contribution in [2.45, 2.75) is 26.8 Å². The van der Waals surface area contributed by atoms with Gasteiger partial charge in [-0.2, -0.15) is 0 Å². The number of hydrogen-bond acceptors (Lipinski definition) is 5. The van der Waals surface area contributed by atoms with Crippen LogP contribution in [0.5, 0.6) is 11.5 Å². The van der Waals surface area contributed by atoms with E-state index in [-0.39, 0.29) is 16.5 Å². The Labute approximate surface area is 227 Å². The number of rotatable bonds is 10. The molecule has 188 valence electrons. The predicted octanol–water partition coefficient (Wildman–Crippen LogP) is 7.35. The summed E-state index contributed by atoms with van der Waals surface area (Å²) in [5, 5.41) is 0. The lowest BCUT2D eigenvalue weighted by Gasteiger charge is -2.32. The van der Waals surface area contributed by atoms with Crippen LogP contribution in [-0.2, 0) is 6.42 Å². The van der Waals surface area contributed by atoms with Crippen LogP contribution in [0.3, 0.4) is 0 Å². The van der Waals surface area contributed by atoms with Gasteiger partial charge in [0.2, 0.25) is 0 Å². The second-order valence-electron chi connectivity index (χ2n) is 8.70. The monoisotopic (exact) mass is 527 g/mol. The Hall–Kier alpha value is -3.35. The summed E-state index contributed by atoms with van der Waals surface area (Å²) in [6.45, 7) is 0.606. The van der Waals surface area contributed by atoms with Crippen LogP contribution in [0.15, 0.2) is 113 Å². The second kappa shape index (κ2) is 11.8. The van der Waals surface area contributed by atoms with Crippen LogP contribution in [0.1, 0.15) is 27.5 Å². The molecule has 4 aromatic carbocycles. The van der Waals surface area contributed by atoms with E-state index in [0.717, 1.165) is 23.1 Å². The minimum atomic E-state index is -0.0701. The number of carbonyl (C=O) groups excluding carboxylic acids is 1. The molecule has 6 heteroatoms. The standard InChI is InChI=1S/C31H29NO3S2/c1-34-27-18-17-22(21-28(27)35-2)19-20-32-29(25-15-9-10-16-26(25)30(32)33)31(36-23-11-5-3-6-12-23)37-24-13-7-4-8-14-24/h3-18,21,29,31H,19-20H2,1-2H3. The predicted molar refractivity (Wildman–Crippen MR) is 152 cm³/mol. The molecule has 1 atom stereocenters. The van der Waals surface area contributed by atoms with E-state index in [1.54, 1.807) is 14.2 Å². The average Bonchev–Trinajstić information content (AvgIpc) is 3.23. The average molecular weight is 528 g/mol. The summed E-state index contributed by atoms with van der Waals surface area (Å²) < 4.78 is 11.0. The van der Waals surface area contributed by atoms with E-state index in [1.807, 2.05) is 72.1 Å². The molecular formula is C31H29NO3S2. The van der Waals surface area contributed by atoms with Gasteiger partial charge >= 0.3 is 0 Å². The molecule has 1 aliphatic heterocycles. The molecule has 0 spiro atoms. The summed E-state index contributed by atoms with van der Waals surface area (Å²) in [5.41, 5.74) is 2.99. The second-order valence-corrected chi connectivity index (χ2v) is 11.4. The zero-order chi connectivity index (χ0) is 25.6. The summed E-state index contributed by atoms with van der Waals surface area (Å²) in [4.78, 5) is 18.2. The van der Waals surface area contributed by atoms with Crippen LogP contribution < -0.4 is 9.47 Å². The summed E-state index contributed by atoms with van der Waals surface area (Å²) >= 11 is 3.63. The normalized spacial score (nSPS) is 14.6. The van der Waals surface area contributed by atoms with Crippen molar-refractivity contribution in [1.29, 1.82) is 0 Å². The fourth-order valence-corrected chi connectivity index (χ4v) is 7.51. The summed E-state index contributed by atoms with van der Waals surface area (Å²) in [6, 6.07) is 34.8. The third kappa shape index (κ3) is 5.65. The van der Waals surface area contributed by atoms with Crippen LogP contribution in [0.25, 0.3) is 0 Å². The van der Waals surface area contributed by atoms with E-state index in [0.29, 0.717) is 18.0 Å². The Bertz CT molecular complexity index is 1310. The molecule has 37 heavy (non-hydrogen) atoms. The van der Waals surface area contributed by atoms with Crippen molar-refractivity contribution >= 4 is 29.4 Å². The van der Waals surface area contributed by atoms with Crippen molar-refractivity contribution in [2.24, 2.45) is 0 Å². The van der Waals surface area contributed by atoms with Crippen molar-refractivity contribution in [3.63, 3.8) is 0 Å². The quantitative estimate of drug-likeness (QED) is 0.159. The first-order valence-corrected chi connectivity index (χ1v) is 14.0. The number of ether oxygens (including phenoxy) is 2. The maximum absolute atomic E-state index is 13.7. The smallest absolute Gasteiger partial charge is 0.254 e. The van der Waals surface area contributed by atoms with Crippen molar-refractivity contribution in [3.05, 3.63) is 120 Å². The largest absolute Gasteiger partial charge is 0.493 e. The number of fused-ring (bicyclic) bond motifs is 1. The highest BCUT2D eigenvalue weighted by Crippen LogP contribution is 2.49. The molecule has 0 aliphatic carbocycles. The van der Waals surface area contributed by atoms with Gasteiger partial charge in [-0.05, 0) is 60.0 Å². The third-order valence-corrected chi connectivity index (χ3v) is 9.09. The first-order valence-electron chi connectivity index (χ1n) is 12.2. The number of nitrogens with zero attached hydrogens (tertiary/aromatic N) is 1. The lowest BCUT2D eigenvalue weighted by molar-refractivity contribution is 0.0738. The van der Waals surface area contributed by atoms with Gasteiger partial charge in [-0.3, -0.25) is 4.79 Å². The van der Waals surface area contributed by atoms with E-state index in [9.17, 15) is 4.79 Å². The number of carbonyl (C=O) groups is 1. The summed E-state index contributed by atoms with van der Waals surface area (Å²) in [7, 11) is 3.28. The highest BCUT2D eigenvalue weighted by atomic mass is 32.2. The number of thioether (sulfide) groups is 2. The van der Waals surface area contributed by atoms with Crippen molar-refractivity contribution in [2.75, 3.05) is 20.8 Å². The summed E-state index contributed by atoms with van der Waals surface area (Å²) in [5.74, 6) is 1.49. The zero-order valence-corrected chi connectivity index (χ0v) is 22.5. The Morgan fingerprint density at radius 1 is 0.757 bits per heavy atom. The van der Waals surface area contributed by atoms with E-state index in [4.69, 9.17) is 9.47 Å². The van der Waals surface area contributed by atoms with Gasteiger partial charge < -0.3 is 14.4 Å². The first-order chi connectivity index (χ1) is 18.2. The maximum atomic E-state index is 13.7. The molecule has 1 aliphatic rings. The number of benzene rings is 4. The molecule has 4 aromatic rings. The highest BCUT2D eigenvalue weighted by Gasteiger charge is 2.41. The molecule has 0 radical (unpaired) electrons. The van der Waals surface area contributed by atoms with Crippen molar-refractivity contribution in [1.82, 2.24) is 4.90 Å². The molecule has 1 amide bonds. The molecule has 0 N–H and O–H groups in total.